The van der Waals surface area contributed by atoms with Crippen LogP contribution >= 0.6 is 0 Å². The van der Waals surface area contributed by atoms with E-state index in [-0.39, 0.29) is 18.6 Å². The molecule has 1 aliphatic rings. The number of nitrogens with two attached hydrogens (primary N) is 1. The maximum Gasteiger partial charge on any atom is 0.290 e. The van der Waals surface area contributed by atoms with Gasteiger partial charge in [0.2, 0.25) is 0 Å². The number of aliphatic hydroxyl groups excluding tert-OH is 1. The van der Waals surface area contributed by atoms with Crippen LogP contribution in [0.4, 0.5) is 0 Å². The quantitative estimate of drug-likeness (QED) is 0.540. The molecule has 4 N–H and O–H groups in total. The number of hydrogen-bond donors (Lipinski definition) is 3. The minimum absolute atomic E-state index is 0.112. The van der Waals surface area contributed by atoms with Crippen LogP contribution in [0.15, 0.2) is 0 Å². The molecule has 0 bridgehead atoms. The summed E-state index contributed by atoms with van der Waals surface area (Å²) >= 11 is 0. The molecule has 1 saturated carbocycles. The molecule has 0 heterocycles. The Balaban J connectivity index is 0. The predicted molar refractivity (Wildman–Crippen MR) is 61.7 cm³/mol. The molecule has 2 unspecified atom stereocenters. The van der Waals surface area contributed by atoms with E-state index in [9.17, 15) is 0 Å². The van der Waals surface area contributed by atoms with Gasteiger partial charge in [-0.05, 0) is 31.6 Å². The van der Waals surface area contributed by atoms with Gasteiger partial charge in [0.1, 0.15) is 0 Å². The predicted octanol–water partition coefficient (Wildman–Crippen LogP) is 1.61. The number of carboxylic acid groups (broad SMARTS) is 1. The molecule has 0 radical (unpaired) electrons. The molecule has 0 saturated heterocycles. The number of carbonyl (C=O) groups is 1. The molecule has 1 fully saturated rings. The minimum Gasteiger partial charge on any atom is -0.483 e. The highest BCUT2D eigenvalue weighted by atomic mass is 16.3. The summed E-state index contributed by atoms with van der Waals surface area (Å²) in [5, 5.41) is 15.9. The average molecular weight is 219 g/mol. The lowest BCUT2D eigenvalue weighted by Crippen LogP contribution is -2.30. The van der Waals surface area contributed by atoms with Crippen molar-refractivity contribution >= 4 is 6.47 Å². The van der Waals surface area contributed by atoms with Gasteiger partial charge in [-0.25, -0.2) is 0 Å². The molecular formula is C11H25NO3. The third-order valence-corrected chi connectivity index (χ3v) is 1.69. The normalized spacial score (nSPS) is 24.4. The third kappa shape index (κ3) is 19.7. The number of rotatable bonds is 0. The lowest BCUT2D eigenvalue weighted by molar-refractivity contribution is -0.122. The van der Waals surface area contributed by atoms with Crippen LogP contribution in [0.2, 0.25) is 0 Å². The Morgan fingerprint density at radius 3 is 1.93 bits per heavy atom. The molecule has 92 valence electrons. The molecule has 0 aromatic carbocycles. The first-order valence-corrected chi connectivity index (χ1v) is 5.45. The molecule has 0 aromatic rings. The van der Waals surface area contributed by atoms with Crippen LogP contribution < -0.4 is 5.73 Å². The van der Waals surface area contributed by atoms with Crippen LogP contribution in [0, 0.1) is 5.92 Å². The molecule has 1 aliphatic carbocycles. The van der Waals surface area contributed by atoms with Crippen molar-refractivity contribution < 1.29 is 15.0 Å². The molecule has 4 heteroatoms. The summed E-state index contributed by atoms with van der Waals surface area (Å²) in [5.41, 5.74) is 5.57. The summed E-state index contributed by atoms with van der Waals surface area (Å²) in [4.78, 5) is 8.36. The van der Waals surface area contributed by atoms with Gasteiger partial charge in [-0.15, -0.1) is 0 Å². The van der Waals surface area contributed by atoms with E-state index >= 15 is 0 Å². The van der Waals surface area contributed by atoms with E-state index in [2.05, 4.69) is 20.8 Å². The molecule has 4 nitrogen and oxygen atoms in total. The van der Waals surface area contributed by atoms with Crippen molar-refractivity contribution in [1.82, 2.24) is 0 Å². The highest BCUT2D eigenvalue weighted by Crippen LogP contribution is 2.15. The fourth-order valence-corrected chi connectivity index (χ4v) is 1.20. The molecule has 0 spiro atoms. The Hall–Kier alpha value is -0.610. The van der Waals surface area contributed by atoms with Gasteiger partial charge in [0.15, 0.2) is 0 Å². The zero-order chi connectivity index (χ0) is 12.3. The zero-order valence-electron chi connectivity index (χ0n) is 10.0. The van der Waals surface area contributed by atoms with E-state index in [1.54, 1.807) is 0 Å². The Labute approximate surface area is 92.5 Å². The monoisotopic (exact) mass is 219 g/mol. The third-order valence-electron chi connectivity index (χ3n) is 1.69. The van der Waals surface area contributed by atoms with Gasteiger partial charge in [0.05, 0.1) is 6.10 Å². The van der Waals surface area contributed by atoms with Crippen molar-refractivity contribution in [3.63, 3.8) is 0 Å². The van der Waals surface area contributed by atoms with Gasteiger partial charge >= 0.3 is 0 Å². The fourth-order valence-electron chi connectivity index (χ4n) is 1.20. The van der Waals surface area contributed by atoms with E-state index in [0.717, 1.165) is 31.6 Å². The summed E-state index contributed by atoms with van der Waals surface area (Å²) < 4.78 is 0. The Bertz CT molecular complexity index is 129. The van der Waals surface area contributed by atoms with Gasteiger partial charge in [-0.2, -0.15) is 0 Å². The van der Waals surface area contributed by atoms with Gasteiger partial charge in [0.25, 0.3) is 6.47 Å². The van der Waals surface area contributed by atoms with Crippen molar-refractivity contribution in [2.24, 2.45) is 11.7 Å². The van der Waals surface area contributed by atoms with Gasteiger partial charge in [-0.1, -0.05) is 20.8 Å². The minimum atomic E-state index is -0.250. The highest BCUT2D eigenvalue weighted by Gasteiger charge is 2.15. The summed E-state index contributed by atoms with van der Waals surface area (Å²) in [6.45, 7) is 6.25. The van der Waals surface area contributed by atoms with E-state index < -0.39 is 0 Å². The fraction of sp³-hybridized carbons (Fsp3) is 0.909. The van der Waals surface area contributed by atoms with Crippen LogP contribution in [0.5, 0.6) is 0 Å². The van der Waals surface area contributed by atoms with Gasteiger partial charge < -0.3 is 15.9 Å². The van der Waals surface area contributed by atoms with E-state index in [1.165, 1.54) is 0 Å². The lowest BCUT2D eigenvalue weighted by atomic mass is 9.94. The van der Waals surface area contributed by atoms with E-state index in [4.69, 9.17) is 20.7 Å². The molecular weight excluding hydrogens is 194 g/mol. The number of aliphatic hydroxyl groups is 1. The Morgan fingerprint density at radius 1 is 1.33 bits per heavy atom. The van der Waals surface area contributed by atoms with E-state index in [0.29, 0.717) is 0 Å². The summed E-state index contributed by atoms with van der Waals surface area (Å²) in [6, 6.07) is 0.263. The van der Waals surface area contributed by atoms with Crippen LogP contribution in [0.3, 0.4) is 0 Å². The van der Waals surface area contributed by atoms with Crippen LogP contribution in [-0.4, -0.2) is 28.8 Å². The smallest absolute Gasteiger partial charge is 0.290 e. The lowest BCUT2D eigenvalue weighted by Gasteiger charge is -2.21. The van der Waals surface area contributed by atoms with Crippen LogP contribution in [0.25, 0.3) is 0 Å². The van der Waals surface area contributed by atoms with Crippen molar-refractivity contribution in [1.29, 1.82) is 0 Å². The summed E-state index contributed by atoms with van der Waals surface area (Å²) in [5.74, 6) is 0.833. The molecule has 1 rings (SSSR count). The standard InChI is InChI=1S/C6H13NO.C4H10.CH2O2/c7-5-2-1-3-6(8)4-5;1-4(2)3;2-1-3/h5-6,8H,1-4,7H2;4H,1-3H3;1H,(H,2,3). The molecule has 2 atom stereocenters. The van der Waals surface area contributed by atoms with Crippen molar-refractivity contribution in [3.05, 3.63) is 0 Å². The topological polar surface area (TPSA) is 83.5 Å². The molecule has 0 aliphatic heterocycles. The SMILES string of the molecule is CC(C)C.NC1CCCC(O)C1.O=CO. The second-order valence-electron chi connectivity index (χ2n) is 4.42. The van der Waals surface area contributed by atoms with Crippen molar-refractivity contribution in [2.45, 2.75) is 58.6 Å². The maximum absolute atomic E-state index is 9.00. The molecule has 0 aromatic heterocycles. The molecule has 15 heavy (non-hydrogen) atoms. The first-order valence-electron chi connectivity index (χ1n) is 5.45. The Kier molecular flexibility index (Phi) is 12.8. The van der Waals surface area contributed by atoms with Gasteiger partial charge in [0, 0.05) is 6.04 Å². The molecule has 0 amide bonds. The summed E-state index contributed by atoms with van der Waals surface area (Å²) in [6.07, 6.45) is 3.84. The zero-order valence-corrected chi connectivity index (χ0v) is 10.0. The average Bonchev–Trinajstić information content (AvgIpc) is 2.03. The number of hydrogen-bond acceptors (Lipinski definition) is 3. The maximum atomic E-state index is 9.00. The van der Waals surface area contributed by atoms with Crippen LogP contribution in [-0.2, 0) is 4.79 Å². The van der Waals surface area contributed by atoms with Crippen molar-refractivity contribution in [2.75, 3.05) is 0 Å². The first kappa shape index (κ1) is 16.8. The highest BCUT2D eigenvalue weighted by molar-refractivity contribution is 5.32. The Morgan fingerprint density at radius 2 is 1.73 bits per heavy atom. The van der Waals surface area contributed by atoms with Gasteiger partial charge in [-0.3, -0.25) is 4.79 Å². The first-order chi connectivity index (χ1) is 6.93. The van der Waals surface area contributed by atoms with E-state index in [1.807, 2.05) is 0 Å². The summed E-state index contributed by atoms with van der Waals surface area (Å²) in [7, 11) is 0. The van der Waals surface area contributed by atoms with Crippen LogP contribution in [0.1, 0.15) is 46.5 Å². The second kappa shape index (κ2) is 11.5. The largest absolute Gasteiger partial charge is 0.483 e. The van der Waals surface area contributed by atoms with Crippen molar-refractivity contribution in [3.8, 4) is 0 Å². The second-order valence-corrected chi connectivity index (χ2v) is 4.42.